The van der Waals surface area contributed by atoms with Crippen molar-refractivity contribution in [3.8, 4) is 11.3 Å². The number of halogens is 3. The summed E-state index contributed by atoms with van der Waals surface area (Å²) in [6.07, 6.45) is 3.47. The van der Waals surface area contributed by atoms with Gasteiger partial charge >= 0.3 is 0 Å². The van der Waals surface area contributed by atoms with Gasteiger partial charge in [-0.1, -0.05) is 0 Å². The molecule has 1 aliphatic carbocycles. The summed E-state index contributed by atoms with van der Waals surface area (Å²) in [6, 6.07) is 1.67. The van der Waals surface area contributed by atoms with Gasteiger partial charge in [-0.2, -0.15) is 14.0 Å². The van der Waals surface area contributed by atoms with Crippen molar-refractivity contribution in [2.24, 2.45) is 5.92 Å². The van der Waals surface area contributed by atoms with Gasteiger partial charge in [-0.05, 0) is 18.4 Å². The average Bonchev–Trinajstić information content (AvgIpc) is 3.26. The van der Waals surface area contributed by atoms with Gasteiger partial charge in [0.2, 0.25) is 12.4 Å². The molecule has 2 atom stereocenters. The molecule has 0 unspecified atom stereocenters. The molecule has 8 heteroatoms. The average molecular weight is 305 g/mol. The molecule has 0 spiro atoms. The second-order valence-corrected chi connectivity index (χ2v) is 5.27. The highest BCUT2D eigenvalue weighted by Gasteiger charge is 2.46. The Morgan fingerprint density at radius 2 is 1.95 bits per heavy atom. The van der Waals surface area contributed by atoms with E-state index >= 15 is 0 Å². The van der Waals surface area contributed by atoms with E-state index in [1.807, 2.05) is 0 Å². The number of alkyl halides is 2. The molecule has 3 aromatic rings. The summed E-state index contributed by atoms with van der Waals surface area (Å²) in [4.78, 5) is 11.7. The van der Waals surface area contributed by atoms with Crippen molar-refractivity contribution in [3.05, 3.63) is 42.5 Å². The number of aromatic nitrogens is 5. The van der Waals surface area contributed by atoms with Crippen LogP contribution in [-0.2, 0) is 0 Å². The maximum Gasteiger partial charge on any atom is 0.242 e. The first-order chi connectivity index (χ1) is 10.6. The van der Waals surface area contributed by atoms with Crippen LogP contribution < -0.4 is 0 Å². The van der Waals surface area contributed by atoms with E-state index in [1.165, 1.54) is 18.7 Å². The zero-order chi connectivity index (χ0) is 15.3. The van der Waals surface area contributed by atoms with Gasteiger partial charge in [0.1, 0.15) is 6.33 Å². The van der Waals surface area contributed by atoms with Gasteiger partial charge in [-0.3, -0.25) is 0 Å². The van der Waals surface area contributed by atoms with Crippen LogP contribution in [0, 0.1) is 11.9 Å². The zero-order valence-electron chi connectivity index (χ0n) is 11.2. The van der Waals surface area contributed by atoms with E-state index in [4.69, 9.17) is 0 Å². The third-order valence-electron chi connectivity index (χ3n) is 3.87. The van der Waals surface area contributed by atoms with Crippen molar-refractivity contribution in [2.75, 3.05) is 0 Å². The summed E-state index contributed by atoms with van der Waals surface area (Å²) in [5, 5.41) is 4.16. The van der Waals surface area contributed by atoms with Crippen LogP contribution in [0.3, 0.4) is 0 Å². The molecular formula is C14H10F3N5. The first-order valence-electron chi connectivity index (χ1n) is 6.73. The number of fused-ring (bicyclic) bond motifs is 1. The first-order valence-corrected chi connectivity index (χ1v) is 6.73. The lowest BCUT2D eigenvalue weighted by Crippen LogP contribution is -2.03. The third kappa shape index (κ3) is 2.02. The molecule has 0 amide bonds. The Hall–Kier alpha value is -2.51. The highest BCUT2D eigenvalue weighted by molar-refractivity contribution is 5.63. The molecule has 0 aliphatic heterocycles. The molecule has 22 heavy (non-hydrogen) atoms. The standard InChI is InChI=1S/C14H10F3N5/c15-12-5-20-14-10(8-1-9(8)13(16)17)2-11(21-22(12)14)7-3-18-6-19-4-7/h2-6,8-9,13H,1H2/t8-,9-/m0/s1. The van der Waals surface area contributed by atoms with Crippen LogP contribution in [-0.4, -0.2) is 31.0 Å². The Balaban J connectivity index is 1.88. The molecule has 1 aliphatic rings. The van der Waals surface area contributed by atoms with E-state index < -0.39 is 18.3 Å². The number of rotatable bonds is 3. The quantitative estimate of drug-likeness (QED) is 0.746. The minimum atomic E-state index is -2.39. The number of imidazole rings is 1. The Kier molecular flexibility index (Phi) is 2.85. The highest BCUT2D eigenvalue weighted by Crippen LogP contribution is 2.52. The molecule has 1 saturated carbocycles. The Morgan fingerprint density at radius 1 is 1.18 bits per heavy atom. The fourth-order valence-electron chi connectivity index (χ4n) is 2.66. The topological polar surface area (TPSA) is 56.0 Å². The van der Waals surface area contributed by atoms with E-state index in [0.29, 0.717) is 23.2 Å². The van der Waals surface area contributed by atoms with Crippen molar-refractivity contribution in [1.82, 2.24) is 24.6 Å². The van der Waals surface area contributed by atoms with E-state index in [2.05, 4.69) is 20.1 Å². The first kappa shape index (κ1) is 13.2. The smallest absolute Gasteiger partial charge is 0.242 e. The number of hydrogen-bond donors (Lipinski definition) is 0. The van der Waals surface area contributed by atoms with Gasteiger partial charge in [-0.15, -0.1) is 0 Å². The summed E-state index contributed by atoms with van der Waals surface area (Å²) in [5.74, 6) is -1.66. The predicted molar refractivity (Wildman–Crippen MR) is 70.8 cm³/mol. The second-order valence-electron chi connectivity index (χ2n) is 5.27. The molecule has 0 N–H and O–H groups in total. The lowest BCUT2D eigenvalue weighted by atomic mass is 10.1. The van der Waals surface area contributed by atoms with Crippen molar-refractivity contribution in [3.63, 3.8) is 0 Å². The summed E-state index contributed by atoms with van der Waals surface area (Å²) in [5.41, 5.74) is 1.89. The number of nitrogens with zero attached hydrogens (tertiary/aromatic N) is 5. The lowest BCUT2D eigenvalue weighted by Gasteiger charge is -2.07. The predicted octanol–water partition coefficient (Wildman–Crippen LogP) is 2.69. The molecule has 5 nitrogen and oxygen atoms in total. The van der Waals surface area contributed by atoms with Crippen molar-refractivity contribution < 1.29 is 13.2 Å². The van der Waals surface area contributed by atoms with Crippen LogP contribution >= 0.6 is 0 Å². The second kappa shape index (κ2) is 4.75. The van der Waals surface area contributed by atoms with Gasteiger partial charge < -0.3 is 0 Å². The Bertz CT molecular complexity index is 833. The summed E-state index contributed by atoms with van der Waals surface area (Å²) in [7, 11) is 0. The molecule has 0 bridgehead atoms. The molecule has 0 aromatic carbocycles. The van der Waals surface area contributed by atoms with Gasteiger partial charge in [0.25, 0.3) is 0 Å². The van der Waals surface area contributed by atoms with Gasteiger partial charge in [0.15, 0.2) is 5.65 Å². The van der Waals surface area contributed by atoms with Crippen LogP contribution in [0.2, 0.25) is 0 Å². The van der Waals surface area contributed by atoms with Gasteiger partial charge in [-0.25, -0.2) is 23.7 Å². The third-order valence-corrected chi connectivity index (χ3v) is 3.87. The van der Waals surface area contributed by atoms with Crippen LogP contribution in [0.5, 0.6) is 0 Å². The molecule has 0 radical (unpaired) electrons. The van der Waals surface area contributed by atoms with Gasteiger partial charge in [0.05, 0.1) is 11.9 Å². The fourth-order valence-corrected chi connectivity index (χ4v) is 2.66. The minimum Gasteiger partial charge on any atom is -0.244 e. The van der Waals surface area contributed by atoms with Crippen molar-refractivity contribution >= 4 is 5.65 Å². The largest absolute Gasteiger partial charge is 0.244 e. The summed E-state index contributed by atoms with van der Waals surface area (Å²) < 4.78 is 40.6. The monoisotopic (exact) mass is 305 g/mol. The van der Waals surface area contributed by atoms with Crippen molar-refractivity contribution in [2.45, 2.75) is 18.8 Å². The van der Waals surface area contributed by atoms with Gasteiger partial charge in [0, 0.05) is 29.4 Å². The fraction of sp³-hybridized carbons (Fsp3) is 0.286. The number of hydrogen-bond acceptors (Lipinski definition) is 4. The Morgan fingerprint density at radius 3 is 2.64 bits per heavy atom. The maximum absolute atomic E-state index is 13.8. The van der Waals surface area contributed by atoms with E-state index in [9.17, 15) is 13.2 Å². The lowest BCUT2D eigenvalue weighted by molar-refractivity contribution is 0.120. The zero-order valence-corrected chi connectivity index (χ0v) is 11.2. The van der Waals surface area contributed by atoms with Crippen LogP contribution in [0.1, 0.15) is 17.9 Å². The molecule has 1 fully saturated rings. The molecule has 4 rings (SSSR count). The summed E-state index contributed by atoms with van der Waals surface area (Å²) in [6.45, 7) is 0. The molecule has 3 aromatic heterocycles. The molecule has 3 heterocycles. The molecule has 112 valence electrons. The SMILES string of the molecule is Fc1cnc2c([C@H]3C[C@@H]3C(F)F)cc(-c3cncnc3)nn12. The van der Waals surface area contributed by atoms with E-state index in [-0.39, 0.29) is 11.6 Å². The highest BCUT2D eigenvalue weighted by atomic mass is 19.3. The van der Waals surface area contributed by atoms with E-state index in [0.717, 1.165) is 10.7 Å². The van der Waals surface area contributed by atoms with E-state index in [1.54, 1.807) is 6.07 Å². The van der Waals surface area contributed by atoms with Crippen LogP contribution in [0.4, 0.5) is 13.2 Å². The Labute approximate surface area is 122 Å². The molecule has 0 saturated heterocycles. The maximum atomic E-state index is 13.8. The summed E-state index contributed by atoms with van der Waals surface area (Å²) >= 11 is 0. The van der Waals surface area contributed by atoms with Crippen LogP contribution in [0.15, 0.2) is 31.0 Å². The minimum absolute atomic E-state index is 0.284. The van der Waals surface area contributed by atoms with Crippen molar-refractivity contribution in [1.29, 1.82) is 0 Å². The normalized spacial score (nSPS) is 20.7. The molecular weight excluding hydrogens is 295 g/mol. The van der Waals surface area contributed by atoms with Crippen LogP contribution in [0.25, 0.3) is 16.9 Å².